The molecule has 0 atom stereocenters. The molecule has 0 aliphatic heterocycles. The number of carboxylic acid groups (broad SMARTS) is 1. The normalized spacial score (nSPS) is 9.78. The van der Waals surface area contributed by atoms with Gasteiger partial charge in [-0.1, -0.05) is 12.1 Å². The lowest BCUT2D eigenvalue weighted by atomic mass is 10.0. The molecular formula is C13H9NO3S. The molecule has 0 saturated carbocycles. The van der Waals surface area contributed by atoms with Crippen molar-refractivity contribution in [2.24, 2.45) is 0 Å². The van der Waals surface area contributed by atoms with Gasteiger partial charge in [0.25, 0.3) is 0 Å². The highest BCUT2D eigenvalue weighted by Gasteiger charge is 2.19. The molecule has 0 spiro atoms. The van der Waals surface area contributed by atoms with Crippen LogP contribution in [0, 0.1) is 11.3 Å². The molecule has 2 aromatic rings. The molecule has 4 nitrogen and oxygen atoms in total. The van der Waals surface area contributed by atoms with E-state index in [2.05, 4.69) is 0 Å². The third-order valence-electron chi connectivity index (χ3n) is 2.49. The molecule has 0 saturated heterocycles. The summed E-state index contributed by atoms with van der Waals surface area (Å²) < 4.78 is 5.10. The molecule has 1 aromatic heterocycles. The largest absolute Gasteiger partial charge is 0.497 e. The van der Waals surface area contributed by atoms with Crippen LogP contribution in [0.3, 0.4) is 0 Å². The first-order valence-corrected chi connectivity index (χ1v) is 5.94. The molecule has 0 radical (unpaired) electrons. The first kappa shape index (κ1) is 12.1. The summed E-state index contributed by atoms with van der Waals surface area (Å²) in [7, 11) is 1.55. The molecule has 90 valence electrons. The Morgan fingerprint density at radius 3 is 2.89 bits per heavy atom. The molecule has 18 heavy (non-hydrogen) atoms. The van der Waals surface area contributed by atoms with E-state index in [1.165, 1.54) is 0 Å². The maximum absolute atomic E-state index is 11.2. The predicted octanol–water partition coefficient (Wildman–Crippen LogP) is 2.99. The van der Waals surface area contributed by atoms with Crippen LogP contribution in [-0.2, 0) is 0 Å². The second-order valence-electron chi connectivity index (χ2n) is 3.50. The number of carbonyl (C=O) groups is 1. The summed E-state index contributed by atoms with van der Waals surface area (Å²) in [5.74, 6) is -0.445. The Labute approximate surface area is 108 Å². The zero-order valence-electron chi connectivity index (χ0n) is 9.51. The number of thiophene rings is 1. The van der Waals surface area contributed by atoms with Crippen LogP contribution in [0.1, 0.15) is 15.2 Å². The molecule has 1 aromatic carbocycles. The van der Waals surface area contributed by atoms with Gasteiger partial charge in [0, 0.05) is 10.9 Å². The number of aromatic carboxylic acids is 1. The Balaban J connectivity index is 2.61. The highest BCUT2D eigenvalue weighted by atomic mass is 32.1. The number of ether oxygens (including phenoxy) is 1. The first-order chi connectivity index (χ1) is 8.67. The van der Waals surface area contributed by atoms with Crippen molar-refractivity contribution >= 4 is 17.3 Å². The van der Waals surface area contributed by atoms with Gasteiger partial charge in [-0.15, -0.1) is 11.3 Å². The van der Waals surface area contributed by atoms with E-state index in [-0.39, 0.29) is 10.4 Å². The summed E-state index contributed by atoms with van der Waals surface area (Å²) in [5.41, 5.74) is 1.32. The number of nitrogens with zero attached hydrogens (tertiary/aromatic N) is 1. The van der Waals surface area contributed by atoms with E-state index < -0.39 is 5.97 Å². The third kappa shape index (κ3) is 2.06. The molecule has 1 N–H and O–H groups in total. The fraction of sp³-hybridized carbons (Fsp3) is 0.0769. The minimum Gasteiger partial charge on any atom is -0.497 e. The molecule has 0 bridgehead atoms. The third-order valence-corrected chi connectivity index (χ3v) is 3.37. The molecule has 5 heteroatoms. The number of hydrogen-bond donors (Lipinski definition) is 1. The molecule has 2 rings (SSSR count). The maximum Gasteiger partial charge on any atom is 0.338 e. The molecule has 1 heterocycles. The minimum absolute atomic E-state index is 0.0516. The summed E-state index contributed by atoms with van der Waals surface area (Å²) in [6, 6.07) is 9.00. The predicted molar refractivity (Wildman–Crippen MR) is 68.0 cm³/mol. The SMILES string of the molecule is COc1cccc(-c2csc(C#N)c2C(=O)O)c1. The molecule has 0 aliphatic carbocycles. The van der Waals surface area contributed by atoms with Gasteiger partial charge in [-0.25, -0.2) is 4.79 Å². The van der Waals surface area contributed by atoms with Crippen molar-refractivity contribution < 1.29 is 14.6 Å². The zero-order valence-corrected chi connectivity index (χ0v) is 10.3. The minimum atomic E-state index is -1.09. The van der Waals surface area contributed by atoms with Crippen LogP contribution in [0.25, 0.3) is 11.1 Å². The summed E-state index contributed by atoms with van der Waals surface area (Å²) in [4.78, 5) is 11.4. The Kier molecular flexibility index (Phi) is 3.31. The van der Waals surface area contributed by atoms with Gasteiger partial charge < -0.3 is 9.84 Å². The Morgan fingerprint density at radius 2 is 2.28 bits per heavy atom. The molecule has 0 aliphatic rings. The topological polar surface area (TPSA) is 70.3 Å². The highest BCUT2D eigenvalue weighted by molar-refractivity contribution is 7.11. The Bertz CT molecular complexity index is 640. The van der Waals surface area contributed by atoms with Crippen molar-refractivity contribution in [2.45, 2.75) is 0 Å². The van der Waals surface area contributed by atoms with E-state index in [1.54, 1.807) is 36.8 Å². The van der Waals surface area contributed by atoms with Crippen molar-refractivity contribution in [1.29, 1.82) is 5.26 Å². The molecule has 0 unspecified atom stereocenters. The van der Waals surface area contributed by atoms with Crippen molar-refractivity contribution in [1.82, 2.24) is 0 Å². The van der Waals surface area contributed by atoms with Crippen molar-refractivity contribution in [2.75, 3.05) is 7.11 Å². The lowest BCUT2D eigenvalue weighted by Crippen LogP contribution is -1.99. The van der Waals surface area contributed by atoms with Gasteiger partial charge in [-0.2, -0.15) is 5.26 Å². The lowest BCUT2D eigenvalue weighted by molar-refractivity contribution is 0.0698. The fourth-order valence-electron chi connectivity index (χ4n) is 1.66. The van der Waals surface area contributed by atoms with Gasteiger partial charge in [0.05, 0.1) is 12.7 Å². The standard InChI is InChI=1S/C13H9NO3S/c1-17-9-4-2-3-8(5-9)10-7-18-11(6-14)12(10)13(15)16/h2-5,7H,1H3,(H,15,16). The number of hydrogen-bond acceptors (Lipinski definition) is 4. The highest BCUT2D eigenvalue weighted by Crippen LogP contribution is 2.32. The number of benzene rings is 1. The maximum atomic E-state index is 11.2. The number of rotatable bonds is 3. The van der Waals surface area contributed by atoms with E-state index in [9.17, 15) is 9.90 Å². The van der Waals surface area contributed by atoms with Gasteiger partial charge >= 0.3 is 5.97 Å². The Morgan fingerprint density at radius 1 is 1.50 bits per heavy atom. The van der Waals surface area contributed by atoms with Gasteiger partial charge in [0.2, 0.25) is 0 Å². The van der Waals surface area contributed by atoms with Crippen molar-refractivity contribution in [3.8, 4) is 22.9 Å². The van der Waals surface area contributed by atoms with Gasteiger partial charge in [0.15, 0.2) is 0 Å². The van der Waals surface area contributed by atoms with E-state index in [0.29, 0.717) is 11.3 Å². The summed E-state index contributed by atoms with van der Waals surface area (Å²) >= 11 is 1.13. The van der Waals surface area contributed by atoms with Crippen LogP contribution in [-0.4, -0.2) is 18.2 Å². The second-order valence-corrected chi connectivity index (χ2v) is 4.38. The van der Waals surface area contributed by atoms with Crippen LogP contribution < -0.4 is 4.74 Å². The monoisotopic (exact) mass is 259 g/mol. The summed E-state index contributed by atoms with van der Waals surface area (Å²) in [5, 5.41) is 19.8. The van der Waals surface area contributed by atoms with Crippen LogP contribution in [0.2, 0.25) is 0 Å². The fourth-order valence-corrected chi connectivity index (χ4v) is 2.51. The van der Waals surface area contributed by atoms with E-state index in [4.69, 9.17) is 10.00 Å². The van der Waals surface area contributed by atoms with Crippen LogP contribution in [0.4, 0.5) is 0 Å². The average Bonchev–Trinajstić information content (AvgIpc) is 2.82. The quantitative estimate of drug-likeness (QED) is 0.919. The number of nitriles is 1. The first-order valence-electron chi connectivity index (χ1n) is 5.06. The summed E-state index contributed by atoms with van der Waals surface area (Å²) in [6.45, 7) is 0. The Hall–Kier alpha value is -2.32. The number of carboxylic acids is 1. The van der Waals surface area contributed by atoms with Gasteiger partial charge in [-0.3, -0.25) is 0 Å². The van der Waals surface area contributed by atoms with Crippen LogP contribution >= 0.6 is 11.3 Å². The lowest BCUT2D eigenvalue weighted by Gasteiger charge is -2.04. The van der Waals surface area contributed by atoms with E-state index in [0.717, 1.165) is 16.9 Å². The van der Waals surface area contributed by atoms with Crippen molar-refractivity contribution in [3.63, 3.8) is 0 Å². The molecule has 0 amide bonds. The van der Waals surface area contributed by atoms with Crippen LogP contribution in [0.15, 0.2) is 29.6 Å². The van der Waals surface area contributed by atoms with E-state index >= 15 is 0 Å². The molecular weight excluding hydrogens is 250 g/mol. The number of methoxy groups -OCH3 is 1. The average molecular weight is 259 g/mol. The van der Waals surface area contributed by atoms with Crippen LogP contribution in [0.5, 0.6) is 5.75 Å². The second kappa shape index (κ2) is 4.90. The van der Waals surface area contributed by atoms with E-state index in [1.807, 2.05) is 6.07 Å². The van der Waals surface area contributed by atoms with Crippen molar-refractivity contribution in [3.05, 3.63) is 40.1 Å². The smallest absolute Gasteiger partial charge is 0.338 e. The van der Waals surface area contributed by atoms with Gasteiger partial charge in [0.1, 0.15) is 16.7 Å². The zero-order chi connectivity index (χ0) is 13.1. The van der Waals surface area contributed by atoms with Gasteiger partial charge in [-0.05, 0) is 17.7 Å². The summed E-state index contributed by atoms with van der Waals surface area (Å²) in [6.07, 6.45) is 0. The molecule has 0 fully saturated rings.